The lowest BCUT2D eigenvalue weighted by molar-refractivity contribution is -0.131. The van der Waals surface area contributed by atoms with Crippen molar-refractivity contribution in [3.63, 3.8) is 0 Å². The van der Waals surface area contributed by atoms with Gasteiger partial charge in [0, 0.05) is 12.5 Å². The molecule has 0 bridgehead atoms. The number of rotatable bonds is 18. The molecule has 1 aliphatic carbocycles. The highest BCUT2D eigenvalue weighted by Gasteiger charge is 2.34. The molecule has 0 spiro atoms. The van der Waals surface area contributed by atoms with Crippen LogP contribution in [0.25, 0.3) is 0 Å². The van der Waals surface area contributed by atoms with Crippen LogP contribution in [0.4, 0.5) is 4.79 Å². The van der Waals surface area contributed by atoms with Gasteiger partial charge in [0.25, 0.3) is 0 Å². The number of nitrogens with one attached hydrogen (secondary N) is 4. The molecule has 0 heterocycles. The molecule has 50 heavy (non-hydrogen) atoms. The Morgan fingerprint density at radius 1 is 0.840 bits per heavy atom. The number of hydrogen-bond acceptors (Lipinski definition) is 6. The lowest BCUT2D eigenvalue weighted by Crippen LogP contribution is -2.57. The summed E-state index contributed by atoms with van der Waals surface area (Å²) in [4.78, 5) is 53.8. The fourth-order valence-electron chi connectivity index (χ4n) is 6.47. The molecule has 5 atom stereocenters. The molecule has 4 amide bonds. The van der Waals surface area contributed by atoms with Gasteiger partial charge in [0.15, 0.2) is 0 Å². The Labute approximate surface area is 302 Å². The molecule has 1 aromatic carbocycles. The van der Waals surface area contributed by atoms with E-state index in [2.05, 4.69) is 42.0 Å². The zero-order valence-corrected chi connectivity index (χ0v) is 32.4. The zero-order valence-electron chi connectivity index (χ0n) is 32.4. The maximum atomic E-state index is 14.0. The maximum Gasteiger partial charge on any atom is 0.408 e. The molecular formula is C40H68N4O6. The zero-order chi connectivity index (χ0) is 37.5. The van der Waals surface area contributed by atoms with Gasteiger partial charge >= 0.3 is 6.09 Å². The molecule has 1 aliphatic rings. The van der Waals surface area contributed by atoms with Crippen molar-refractivity contribution in [3.8, 4) is 0 Å². The molecule has 284 valence electrons. The summed E-state index contributed by atoms with van der Waals surface area (Å²) in [5, 5.41) is 23.5. The SMILES string of the molecule is CCC[C@H](NC(=O)[C@H](CCc1ccccc1)NC(=O)OC(C)(C)C)C(=O)N[C@@H](CC1CCCCC1)[C@@H](O)C[C@@H](C(=O)NCC(C)(C)C)C(C)C. The summed E-state index contributed by atoms with van der Waals surface area (Å²) in [6.45, 7) is 17.9. The number of alkyl carbamates (subject to hydrolysis) is 1. The van der Waals surface area contributed by atoms with Crippen LogP contribution in [0.1, 0.15) is 132 Å². The molecule has 0 aliphatic heterocycles. The fourth-order valence-corrected chi connectivity index (χ4v) is 6.47. The fraction of sp³-hybridized carbons (Fsp3) is 0.750. The number of benzene rings is 1. The minimum Gasteiger partial charge on any atom is -0.444 e. The molecule has 0 aromatic heterocycles. The smallest absolute Gasteiger partial charge is 0.408 e. The highest BCUT2D eigenvalue weighted by molar-refractivity contribution is 5.91. The Hall–Kier alpha value is -3.14. The van der Waals surface area contributed by atoms with E-state index in [1.165, 1.54) is 6.42 Å². The van der Waals surface area contributed by atoms with Gasteiger partial charge in [-0.25, -0.2) is 4.79 Å². The second kappa shape index (κ2) is 20.6. The van der Waals surface area contributed by atoms with Gasteiger partial charge < -0.3 is 31.1 Å². The average molecular weight is 701 g/mol. The normalized spacial score (nSPS) is 17.2. The Balaban J connectivity index is 2.25. The van der Waals surface area contributed by atoms with Crippen LogP contribution in [0, 0.1) is 23.2 Å². The van der Waals surface area contributed by atoms with Gasteiger partial charge in [0.05, 0.1) is 12.1 Å². The Morgan fingerprint density at radius 2 is 1.44 bits per heavy atom. The summed E-state index contributed by atoms with van der Waals surface area (Å²) in [5.41, 5.74) is 0.200. The van der Waals surface area contributed by atoms with Gasteiger partial charge in [-0.1, -0.05) is 110 Å². The van der Waals surface area contributed by atoms with Crippen molar-refractivity contribution in [1.29, 1.82) is 0 Å². The van der Waals surface area contributed by atoms with Gasteiger partial charge in [-0.15, -0.1) is 0 Å². The van der Waals surface area contributed by atoms with Crippen molar-refractivity contribution in [3.05, 3.63) is 35.9 Å². The van der Waals surface area contributed by atoms with Crippen LogP contribution in [0.5, 0.6) is 0 Å². The number of ether oxygens (including phenoxy) is 1. The first-order valence-electron chi connectivity index (χ1n) is 19.0. The third-order valence-electron chi connectivity index (χ3n) is 9.32. The Bertz CT molecular complexity index is 1190. The van der Waals surface area contributed by atoms with Crippen molar-refractivity contribution in [2.24, 2.45) is 23.2 Å². The topological polar surface area (TPSA) is 146 Å². The lowest BCUT2D eigenvalue weighted by atomic mass is 9.81. The average Bonchev–Trinajstić information content (AvgIpc) is 3.03. The number of amides is 4. The third-order valence-corrected chi connectivity index (χ3v) is 9.32. The van der Waals surface area contributed by atoms with Crippen molar-refractivity contribution < 1.29 is 29.0 Å². The summed E-state index contributed by atoms with van der Waals surface area (Å²) >= 11 is 0. The van der Waals surface area contributed by atoms with Crippen LogP contribution in [-0.2, 0) is 25.5 Å². The van der Waals surface area contributed by atoms with E-state index >= 15 is 0 Å². The van der Waals surface area contributed by atoms with E-state index in [-0.39, 0.29) is 29.6 Å². The molecule has 10 nitrogen and oxygen atoms in total. The molecule has 10 heteroatoms. The molecule has 0 saturated heterocycles. The minimum absolute atomic E-state index is 0.00642. The summed E-state index contributed by atoms with van der Waals surface area (Å²) in [6, 6.07) is 7.32. The summed E-state index contributed by atoms with van der Waals surface area (Å²) in [6.07, 6.45) is 6.53. The molecule has 1 fully saturated rings. The monoisotopic (exact) mass is 701 g/mol. The number of aryl methyl sites for hydroxylation is 1. The van der Waals surface area contributed by atoms with Crippen molar-refractivity contribution in [2.45, 2.75) is 163 Å². The number of aliphatic hydroxyl groups is 1. The third kappa shape index (κ3) is 16.7. The molecular weight excluding hydrogens is 632 g/mol. The second-order valence-electron chi connectivity index (χ2n) is 16.9. The van der Waals surface area contributed by atoms with E-state index in [0.29, 0.717) is 44.6 Å². The predicted molar refractivity (Wildman–Crippen MR) is 199 cm³/mol. The van der Waals surface area contributed by atoms with Crippen molar-refractivity contribution in [1.82, 2.24) is 21.3 Å². The summed E-state index contributed by atoms with van der Waals surface area (Å²) in [7, 11) is 0. The van der Waals surface area contributed by atoms with Crippen LogP contribution in [-0.4, -0.2) is 65.3 Å². The molecule has 0 radical (unpaired) electrons. The Morgan fingerprint density at radius 3 is 2.00 bits per heavy atom. The van der Waals surface area contributed by atoms with E-state index in [1.807, 2.05) is 51.1 Å². The van der Waals surface area contributed by atoms with E-state index in [4.69, 9.17) is 4.74 Å². The van der Waals surface area contributed by atoms with Gasteiger partial charge in [0.1, 0.15) is 17.7 Å². The number of aliphatic hydroxyl groups excluding tert-OH is 1. The number of hydrogen-bond donors (Lipinski definition) is 5. The van der Waals surface area contributed by atoms with E-state index < -0.39 is 47.7 Å². The van der Waals surface area contributed by atoms with E-state index in [0.717, 1.165) is 31.2 Å². The van der Waals surface area contributed by atoms with Crippen LogP contribution >= 0.6 is 0 Å². The standard InChI is InChI=1S/C40H68N4O6/c1-10-17-31(42-37(48)32(44-38(49)50-40(7,8)9)23-22-28-18-13-11-14-19-28)36(47)43-33(24-29-20-15-12-16-21-29)34(45)25-30(27(2)3)35(46)41-26-39(4,5)6/h11,13-14,18-19,27,29-34,45H,10,12,15-17,20-26H2,1-9H3,(H,41,46)(H,42,48)(H,43,47)(H,44,49)/t30-,31+,32+,33+,34+/m1/s1. The highest BCUT2D eigenvalue weighted by atomic mass is 16.6. The molecule has 5 N–H and O–H groups in total. The van der Waals surface area contributed by atoms with Gasteiger partial charge in [0.2, 0.25) is 17.7 Å². The van der Waals surface area contributed by atoms with Crippen LogP contribution in [0.15, 0.2) is 30.3 Å². The van der Waals surface area contributed by atoms with E-state index in [9.17, 15) is 24.3 Å². The van der Waals surface area contributed by atoms with Gasteiger partial charge in [-0.2, -0.15) is 0 Å². The van der Waals surface area contributed by atoms with Crippen LogP contribution in [0.3, 0.4) is 0 Å². The maximum absolute atomic E-state index is 14.0. The van der Waals surface area contributed by atoms with Crippen LogP contribution < -0.4 is 21.3 Å². The van der Waals surface area contributed by atoms with E-state index in [1.54, 1.807) is 20.8 Å². The first kappa shape index (κ1) is 43.0. The molecule has 2 rings (SSSR count). The Kier molecular flexibility index (Phi) is 17.8. The predicted octanol–water partition coefficient (Wildman–Crippen LogP) is 6.44. The molecule has 1 aromatic rings. The quantitative estimate of drug-likeness (QED) is 0.119. The minimum atomic E-state index is -0.945. The summed E-state index contributed by atoms with van der Waals surface area (Å²) in [5.74, 6) is -1.01. The lowest BCUT2D eigenvalue weighted by Gasteiger charge is -2.34. The summed E-state index contributed by atoms with van der Waals surface area (Å²) < 4.78 is 5.45. The van der Waals surface area contributed by atoms with Gasteiger partial charge in [-0.05, 0) is 75.7 Å². The first-order valence-corrected chi connectivity index (χ1v) is 19.0. The van der Waals surface area contributed by atoms with Crippen molar-refractivity contribution >= 4 is 23.8 Å². The van der Waals surface area contributed by atoms with Gasteiger partial charge in [-0.3, -0.25) is 14.4 Å². The molecule has 0 unspecified atom stereocenters. The number of carbonyl (C=O) groups is 4. The number of carbonyl (C=O) groups excluding carboxylic acids is 4. The largest absolute Gasteiger partial charge is 0.444 e. The second-order valence-corrected chi connectivity index (χ2v) is 16.9. The van der Waals surface area contributed by atoms with Crippen molar-refractivity contribution in [2.75, 3.05) is 6.54 Å². The molecule has 1 saturated carbocycles. The first-order chi connectivity index (χ1) is 23.4. The highest BCUT2D eigenvalue weighted by Crippen LogP contribution is 2.30. The van der Waals surface area contributed by atoms with Crippen LogP contribution in [0.2, 0.25) is 0 Å².